The number of halogens is 4. The average Bonchev–Trinajstić information content (AvgIpc) is 3.46. The van der Waals surface area contributed by atoms with Gasteiger partial charge in [-0.25, -0.2) is 27.2 Å². The van der Waals surface area contributed by atoms with E-state index in [1.165, 1.54) is 47.0 Å². The zero-order valence-electron chi connectivity index (χ0n) is 29.2. The van der Waals surface area contributed by atoms with Gasteiger partial charge in [-0.15, -0.1) is 0 Å². The van der Waals surface area contributed by atoms with Crippen LogP contribution in [0.1, 0.15) is 71.1 Å². The first-order chi connectivity index (χ1) is 24.4. The second-order valence-electron chi connectivity index (χ2n) is 10.6. The number of Topliss-reactive ketones (excluding diaryl/α,β-unsaturated/α-hetero) is 2. The Morgan fingerprint density at radius 1 is 0.741 bits per heavy atom. The summed E-state index contributed by atoms with van der Waals surface area (Å²) in [6.07, 6.45) is 0. The normalized spacial score (nSPS) is 9.83. The number of anilines is 2. The summed E-state index contributed by atoms with van der Waals surface area (Å²) in [4.78, 5) is 70.8. The molecule has 4 rings (SSSR count). The van der Waals surface area contributed by atoms with Gasteiger partial charge in [-0.3, -0.25) is 19.2 Å². The van der Waals surface area contributed by atoms with Crippen LogP contribution < -0.4 is 40.2 Å². The molecule has 2 heterocycles. The first-order valence-corrected chi connectivity index (χ1v) is 14.6. The second-order valence-corrected chi connectivity index (χ2v) is 10.6. The summed E-state index contributed by atoms with van der Waals surface area (Å²) in [6.45, 7) is 4.10. The minimum atomic E-state index is -1.85. The van der Waals surface area contributed by atoms with Crippen LogP contribution in [0, 0.1) is 59.8 Å². The van der Waals surface area contributed by atoms with Crippen LogP contribution in [-0.4, -0.2) is 61.6 Å². The maximum Gasteiger partial charge on any atom is 1.00 e. The molecule has 0 fully saturated rings. The van der Waals surface area contributed by atoms with E-state index in [1.807, 2.05) is 0 Å². The smallest absolute Gasteiger partial charge is 0.870 e. The van der Waals surface area contributed by atoms with E-state index in [4.69, 9.17) is 15.6 Å². The maximum atomic E-state index is 14.7. The number of nitriles is 2. The molecule has 0 saturated carbocycles. The number of benzene rings is 2. The number of ether oxygens (including phenoxy) is 1. The molecule has 4 N–H and O–H groups in total. The zero-order valence-corrected chi connectivity index (χ0v) is 31.2. The number of hydrogen-bond acceptors (Lipinski definition) is 10. The van der Waals surface area contributed by atoms with E-state index in [9.17, 15) is 46.3 Å². The Morgan fingerprint density at radius 2 is 1.11 bits per heavy atom. The molecule has 0 aliphatic rings. The van der Waals surface area contributed by atoms with E-state index in [-0.39, 0.29) is 75.5 Å². The summed E-state index contributed by atoms with van der Waals surface area (Å²) in [6, 6.07) is 9.68. The van der Waals surface area contributed by atoms with E-state index in [1.54, 1.807) is 12.1 Å². The van der Waals surface area contributed by atoms with Crippen molar-refractivity contribution in [3.63, 3.8) is 0 Å². The van der Waals surface area contributed by atoms with E-state index < -0.39 is 81.1 Å². The largest absolute Gasteiger partial charge is 1.00 e. The number of carboxylic acid groups (broad SMARTS) is 1. The summed E-state index contributed by atoms with van der Waals surface area (Å²) in [5, 5.41) is 31.0. The van der Waals surface area contributed by atoms with Crippen LogP contribution in [0.25, 0.3) is 0 Å². The van der Waals surface area contributed by atoms with Crippen molar-refractivity contribution in [2.24, 2.45) is 14.1 Å². The molecule has 54 heavy (non-hydrogen) atoms. The van der Waals surface area contributed by atoms with E-state index in [2.05, 4.69) is 15.4 Å². The molecule has 20 heteroatoms. The van der Waals surface area contributed by atoms with Gasteiger partial charge in [-0.1, -0.05) is 0 Å². The van der Waals surface area contributed by atoms with Crippen molar-refractivity contribution in [3.8, 4) is 12.1 Å². The van der Waals surface area contributed by atoms with Gasteiger partial charge in [-0.05, 0) is 57.2 Å². The predicted molar refractivity (Wildman–Crippen MR) is 173 cm³/mol. The Hall–Kier alpha value is -6.12. The molecule has 0 unspecified atom stereocenters. The van der Waals surface area contributed by atoms with Crippen LogP contribution in [0.3, 0.4) is 0 Å². The molecule has 15 nitrogen and oxygen atoms in total. The van der Waals surface area contributed by atoms with Gasteiger partial charge in [0.1, 0.15) is 35.2 Å². The Morgan fingerprint density at radius 3 is 1.44 bits per heavy atom. The topological polar surface area (TPSA) is 243 Å². The van der Waals surface area contributed by atoms with Gasteiger partial charge in [0.2, 0.25) is 0 Å². The average molecular weight is 763 g/mol. The molecule has 276 valence electrons. The van der Waals surface area contributed by atoms with Crippen LogP contribution >= 0.6 is 0 Å². The monoisotopic (exact) mass is 762 g/mol. The van der Waals surface area contributed by atoms with Gasteiger partial charge in [0, 0.05) is 36.9 Å². The number of carboxylic acids is 1. The Balaban J connectivity index is 0.000000522. The molecule has 2 aromatic carbocycles. The van der Waals surface area contributed by atoms with Gasteiger partial charge >= 0.3 is 41.5 Å². The van der Waals surface area contributed by atoms with Gasteiger partial charge in [0.05, 0.1) is 28.9 Å². The molecule has 4 aromatic rings. The fraction of sp³-hybridized carbons (Fsp3) is 0.176. The molecule has 2 aromatic heterocycles. The number of amides is 2. The van der Waals surface area contributed by atoms with Gasteiger partial charge in [0.15, 0.2) is 11.6 Å². The van der Waals surface area contributed by atoms with Crippen LogP contribution in [0.15, 0.2) is 36.4 Å². The van der Waals surface area contributed by atoms with Crippen molar-refractivity contribution >= 4 is 46.7 Å². The molecule has 0 atom stereocenters. The number of nitrogens with one attached hydrogen (secondary N) is 2. The second kappa shape index (κ2) is 19.1. The fourth-order valence-electron chi connectivity index (χ4n) is 4.72. The molecular formula is C34H27F4N6NaO9. The SMILES string of the molecule is CCOC(=O)C(=O)c1c(F)c(C(=O)Nc2ccc(F)c(C#N)c2)n(C)c1C.Cc1c(C(=O)C(=O)O)c(F)c(C(=O)Nc2ccc(F)c(C#N)c2)n1C.[Na+].[OH-]. The number of rotatable bonds is 9. The summed E-state index contributed by atoms with van der Waals surface area (Å²) < 4.78 is 62.6. The first-order valence-electron chi connectivity index (χ1n) is 14.6. The first kappa shape index (κ1) is 45.9. The number of nitrogens with zero attached hydrogens (tertiary/aromatic N) is 4. The Bertz CT molecular complexity index is 2270. The molecule has 0 radical (unpaired) electrons. The van der Waals surface area contributed by atoms with Crippen molar-refractivity contribution in [2.45, 2.75) is 20.8 Å². The molecule has 0 aliphatic carbocycles. The van der Waals surface area contributed by atoms with Crippen LogP contribution in [0.5, 0.6) is 0 Å². The number of hydrogen-bond donors (Lipinski definition) is 3. The molecule has 0 aliphatic heterocycles. The summed E-state index contributed by atoms with van der Waals surface area (Å²) >= 11 is 0. The molecule has 0 spiro atoms. The van der Waals surface area contributed by atoms with Crippen LogP contribution in [-0.2, 0) is 28.4 Å². The van der Waals surface area contributed by atoms with Gasteiger partial charge < -0.3 is 35.1 Å². The number of esters is 1. The number of ketones is 2. The third-order valence-electron chi connectivity index (χ3n) is 7.48. The number of carbonyl (C=O) groups is 6. The molecular weight excluding hydrogens is 735 g/mol. The molecule has 0 bridgehead atoms. The number of aromatic nitrogens is 2. The third-order valence-corrected chi connectivity index (χ3v) is 7.48. The van der Waals surface area contributed by atoms with E-state index in [0.29, 0.717) is 0 Å². The van der Waals surface area contributed by atoms with Crippen molar-refractivity contribution in [2.75, 3.05) is 17.2 Å². The minimum Gasteiger partial charge on any atom is -0.870 e. The van der Waals surface area contributed by atoms with Crippen molar-refractivity contribution in [1.82, 2.24) is 9.13 Å². The summed E-state index contributed by atoms with van der Waals surface area (Å²) in [5.74, 6) is -11.7. The third kappa shape index (κ3) is 9.45. The molecule has 2 amide bonds. The zero-order chi connectivity index (χ0) is 39.2. The summed E-state index contributed by atoms with van der Waals surface area (Å²) in [5.41, 5.74) is -2.82. The predicted octanol–water partition coefficient (Wildman–Crippen LogP) is 1.31. The Kier molecular flexibility index (Phi) is 16.2. The van der Waals surface area contributed by atoms with Crippen molar-refractivity contribution in [1.29, 1.82) is 10.5 Å². The van der Waals surface area contributed by atoms with Gasteiger partial charge in [0.25, 0.3) is 23.4 Å². The van der Waals surface area contributed by atoms with Crippen molar-refractivity contribution < 1.29 is 91.2 Å². The maximum absolute atomic E-state index is 14.7. The Labute approximate surface area is 325 Å². The van der Waals surface area contributed by atoms with E-state index >= 15 is 0 Å². The van der Waals surface area contributed by atoms with Crippen LogP contribution in [0.4, 0.5) is 28.9 Å². The quantitative estimate of drug-likeness (QED) is 0.0722. The van der Waals surface area contributed by atoms with Crippen LogP contribution in [0.2, 0.25) is 0 Å². The number of carbonyl (C=O) groups excluding carboxylic acids is 5. The number of aliphatic carboxylic acids is 1. The van der Waals surface area contributed by atoms with Crippen molar-refractivity contribution in [3.05, 3.63) is 105 Å². The summed E-state index contributed by atoms with van der Waals surface area (Å²) in [7, 11) is 2.64. The standard InChI is InChI=1S/C18H15F2N3O4.C16H11F2N3O4.Na.H2O/c1-4-27-18(26)16(24)13-9(2)23(3)15(14(13)20)17(25)22-11-5-6-12(19)10(7-11)8-21;1-7-11(14(22)16(24)25)12(18)13(21(7)2)15(23)20-9-3-4-10(17)8(5-9)6-19;;/h5-7H,4H2,1-3H3,(H,22,25);3-5H,1-2H3,(H,20,23)(H,24,25);;1H2/q;;+1;/p-1. The minimum absolute atomic E-state index is 0. The fourth-order valence-corrected chi connectivity index (χ4v) is 4.72. The van der Waals surface area contributed by atoms with Gasteiger partial charge in [-0.2, -0.15) is 10.5 Å². The molecule has 0 saturated heterocycles. The van der Waals surface area contributed by atoms with E-state index in [0.717, 1.165) is 33.4 Å².